The van der Waals surface area contributed by atoms with E-state index in [1.54, 1.807) is 18.3 Å². The van der Waals surface area contributed by atoms with Crippen LogP contribution < -0.4 is 0 Å². The summed E-state index contributed by atoms with van der Waals surface area (Å²) in [4.78, 5) is 36.7. The summed E-state index contributed by atoms with van der Waals surface area (Å²) in [6, 6.07) is 5.89. The summed E-state index contributed by atoms with van der Waals surface area (Å²) < 4.78 is 7.76. The van der Waals surface area contributed by atoms with Gasteiger partial charge in [0.05, 0.1) is 23.1 Å². The number of hydrogen-bond donors (Lipinski definition) is 0. The Hall–Kier alpha value is -3.00. The Morgan fingerprint density at radius 3 is 2.82 bits per heavy atom. The predicted molar refractivity (Wildman–Crippen MR) is 128 cm³/mol. The van der Waals surface area contributed by atoms with Crippen LogP contribution in [0, 0.1) is 5.92 Å². The van der Waals surface area contributed by atoms with Gasteiger partial charge in [0.15, 0.2) is 5.78 Å². The number of carbonyl (C=O) groups excluding carboxylic acids is 2. The van der Waals surface area contributed by atoms with Gasteiger partial charge in [-0.05, 0) is 64.8 Å². The fourth-order valence-corrected chi connectivity index (χ4v) is 5.11. The van der Waals surface area contributed by atoms with Gasteiger partial charge in [-0.2, -0.15) is 0 Å². The van der Waals surface area contributed by atoms with Gasteiger partial charge >= 0.3 is 6.09 Å². The molecule has 5 rings (SSSR count). The van der Waals surface area contributed by atoms with Crippen molar-refractivity contribution in [3.8, 4) is 0 Å². The predicted octanol–water partition coefficient (Wildman–Crippen LogP) is 5.16. The standard InChI is InChI=1S/C25H28N4O3S/c1-15(30)16-5-6-20-22(9-16)29(13-18-12-26-14-33-18)23(27-20)10-17-7-8-28(21-11-19(17)21)24(31)32-25(2,3)4/h5-6,9-10,12,14,19,21H,7-8,11,13H2,1-4H3/b17-10-. The van der Waals surface area contributed by atoms with Crippen LogP contribution >= 0.6 is 11.3 Å². The first-order valence-corrected chi connectivity index (χ1v) is 12.2. The first-order valence-electron chi connectivity index (χ1n) is 11.3. The second-order valence-electron chi connectivity index (χ2n) is 9.84. The van der Waals surface area contributed by atoms with Crippen LogP contribution in [0.5, 0.6) is 0 Å². The molecular weight excluding hydrogens is 436 g/mol. The Bertz CT molecular complexity index is 1250. The van der Waals surface area contributed by atoms with Gasteiger partial charge in [-0.25, -0.2) is 9.78 Å². The Balaban J connectivity index is 1.46. The maximum atomic E-state index is 12.6. The van der Waals surface area contributed by atoms with Gasteiger partial charge in [0.25, 0.3) is 0 Å². The number of likely N-dealkylation sites (tertiary alicyclic amines) is 1. The van der Waals surface area contributed by atoms with E-state index < -0.39 is 5.60 Å². The monoisotopic (exact) mass is 464 g/mol. The lowest BCUT2D eigenvalue weighted by Gasteiger charge is -2.30. The van der Waals surface area contributed by atoms with E-state index in [9.17, 15) is 9.59 Å². The molecule has 0 radical (unpaired) electrons. The molecule has 2 aromatic heterocycles. The van der Waals surface area contributed by atoms with Gasteiger partial charge in [-0.1, -0.05) is 5.57 Å². The molecule has 1 aliphatic heterocycles. The number of carbonyl (C=O) groups is 2. The van der Waals surface area contributed by atoms with Crippen LogP contribution in [-0.2, 0) is 11.3 Å². The average Bonchev–Trinajstić information content (AvgIpc) is 3.24. The number of nitrogens with zero attached hydrogens (tertiary/aromatic N) is 4. The molecule has 1 aliphatic carbocycles. The zero-order valence-electron chi connectivity index (χ0n) is 19.4. The second-order valence-corrected chi connectivity index (χ2v) is 10.8. The molecule has 3 heterocycles. The van der Waals surface area contributed by atoms with Gasteiger partial charge in [0.2, 0.25) is 0 Å². The van der Waals surface area contributed by atoms with Crippen LogP contribution in [0.1, 0.15) is 61.6 Å². The van der Waals surface area contributed by atoms with E-state index in [1.165, 1.54) is 5.57 Å². The second kappa shape index (κ2) is 8.09. The highest BCUT2D eigenvalue weighted by Gasteiger charge is 2.49. The van der Waals surface area contributed by atoms with Crippen molar-refractivity contribution in [2.75, 3.05) is 6.54 Å². The van der Waals surface area contributed by atoms with Crippen molar-refractivity contribution in [3.63, 3.8) is 0 Å². The Labute approximate surface area is 197 Å². The third kappa shape index (κ3) is 4.44. The molecular formula is C25H28N4O3S. The number of piperidine rings is 1. The number of thiazole rings is 1. The summed E-state index contributed by atoms with van der Waals surface area (Å²) in [6.07, 6.45) is 5.62. The number of aromatic nitrogens is 3. The molecule has 1 amide bonds. The lowest BCUT2D eigenvalue weighted by atomic mass is 10.0. The molecule has 7 nitrogen and oxygen atoms in total. The lowest BCUT2D eigenvalue weighted by Crippen LogP contribution is -2.41. The number of ketones is 1. The number of rotatable bonds is 4. The summed E-state index contributed by atoms with van der Waals surface area (Å²) in [5.41, 5.74) is 5.16. The molecule has 172 valence electrons. The molecule has 1 saturated carbocycles. The minimum Gasteiger partial charge on any atom is -0.444 e. The van der Waals surface area contributed by atoms with Crippen molar-refractivity contribution in [3.05, 3.63) is 51.7 Å². The van der Waals surface area contributed by atoms with Gasteiger partial charge < -0.3 is 14.2 Å². The van der Waals surface area contributed by atoms with E-state index in [0.29, 0.717) is 24.6 Å². The quantitative estimate of drug-likeness (QED) is 0.499. The number of Topliss-reactive ketones (excluding diaryl/α,β-unsaturated/α-hetero) is 1. The fourth-order valence-electron chi connectivity index (χ4n) is 4.53. The molecule has 3 aromatic rings. The Kier molecular flexibility index (Phi) is 5.35. The topological polar surface area (TPSA) is 77.3 Å². The maximum Gasteiger partial charge on any atom is 0.410 e. The third-order valence-electron chi connectivity index (χ3n) is 6.20. The molecule has 1 aromatic carbocycles. The lowest BCUT2D eigenvalue weighted by molar-refractivity contribution is 0.0213. The first-order chi connectivity index (χ1) is 15.7. The molecule has 8 heteroatoms. The summed E-state index contributed by atoms with van der Waals surface area (Å²) in [5.74, 6) is 1.28. The SMILES string of the molecule is CC(=O)c1ccc2nc(/C=C3/CCN(C(=O)OC(C)(C)C)C4CC34)n(Cc3cncs3)c2c1. The van der Waals surface area contributed by atoms with Crippen LogP contribution in [0.2, 0.25) is 0 Å². The van der Waals surface area contributed by atoms with E-state index in [2.05, 4.69) is 15.6 Å². The third-order valence-corrected chi connectivity index (χ3v) is 6.96. The molecule has 2 aliphatic rings. The van der Waals surface area contributed by atoms with E-state index >= 15 is 0 Å². The number of fused-ring (bicyclic) bond motifs is 2. The molecule has 0 N–H and O–H groups in total. The molecule has 0 bridgehead atoms. The van der Waals surface area contributed by atoms with Crippen LogP contribution in [0.25, 0.3) is 17.1 Å². The molecule has 2 fully saturated rings. The summed E-state index contributed by atoms with van der Waals surface area (Å²) >= 11 is 1.61. The molecule has 33 heavy (non-hydrogen) atoms. The van der Waals surface area contributed by atoms with Gasteiger partial charge in [0.1, 0.15) is 11.4 Å². The van der Waals surface area contributed by atoms with Crippen LogP contribution in [0.3, 0.4) is 0 Å². The molecule has 1 saturated heterocycles. The highest BCUT2D eigenvalue weighted by Crippen LogP contribution is 2.47. The fraction of sp³-hybridized carbons (Fsp3) is 0.440. The van der Waals surface area contributed by atoms with Crippen molar-refractivity contribution in [1.29, 1.82) is 0 Å². The van der Waals surface area contributed by atoms with Crippen molar-refractivity contribution < 1.29 is 14.3 Å². The van der Waals surface area contributed by atoms with Gasteiger partial charge in [0, 0.05) is 35.1 Å². The summed E-state index contributed by atoms with van der Waals surface area (Å²) in [6.45, 7) is 8.59. The Morgan fingerprint density at radius 1 is 1.30 bits per heavy atom. The largest absolute Gasteiger partial charge is 0.444 e. The van der Waals surface area contributed by atoms with Gasteiger partial charge in [-0.15, -0.1) is 11.3 Å². The maximum absolute atomic E-state index is 12.6. The minimum atomic E-state index is -0.488. The first kappa shape index (κ1) is 21.8. The number of amides is 1. The number of benzene rings is 1. The minimum absolute atomic E-state index is 0.0395. The van der Waals surface area contributed by atoms with E-state index in [-0.39, 0.29) is 17.9 Å². The highest BCUT2D eigenvalue weighted by molar-refractivity contribution is 7.09. The number of ether oxygens (including phenoxy) is 1. The summed E-state index contributed by atoms with van der Waals surface area (Å²) in [7, 11) is 0. The van der Waals surface area contributed by atoms with E-state index in [4.69, 9.17) is 9.72 Å². The van der Waals surface area contributed by atoms with E-state index in [1.807, 2.05) is 55.6 Å². The average molecular weight is 465 g/mol. The Morgan fingerprint density at radius 2 is 2.12 bits per heavy atom. The van der Waals surface area contributed by atoms with Crippen LogP contribution in [-0.4, -0.2) is 49.5 Å². The smallest absolute Gasteiger partial charge is 0.410 e. The summed E-state index contributed by atoms with van der Waals surface area (Å²) in [5, 5.41) is 0. The van der Waals surface area contributed by atoms with Crippen molar-refractivity contribution in [2.24, 2.45) is 5.92 Å². The van der Waals surface area contributed by atoms with Gasteiger partial charge in [-0.3, -0.25) is 9.78 Å². The number of imidazole rings is 1. The zero-order chi connectivity index (χ0) is 23.3. The van der Waals surface area contributed by atoms with E-state index in [0.717, 1.165) is 34.6 Å². The molecule has 0 spiro atoms. The zero-order valence-corrected chi connectivity index (χ0v) is 20.2. The highest BCUT2D eigenvalue weighted by atomic mass is 32.1. The molecule has 2 atom stereocenters. The van der Waals surface area contributed by atoms with Crippen molar-refractivity contribution >= 4 is 40.3 Å². The van der Waals surface area contributed by atoms with Crippen molar-refractivity contribution in [2.45, 2.75) is 58.7 Å². The van der Waals surface area contributed by atoms with Crippen LogP contribution in [0.4, 0.5) is 4.79 Å². The number of hydrogen-bond acceptors (Lipinski definition) is 6. The van der Waals surface area contributed by atoms with Crippen molar-refractivity contribution in [1.82, 2.24) is 19.4 Å². The molecule has 2 unspecified atom stereocenters. The van der Waals surface area contributed by atoms with Crippen LogP contribution in [0.15, 0.2) is 35.5 Å². The normalized spacial score (nSPS) is 21.3.